The Morgan fingerprint density at radius 3 is 2.44 bits per heavy atom. The number of rotatable bonds is 3. The van der Waals surface area contributed by atoms with Gasteiger partial charge < -0.3 is 8.60 Å². The molecule has 3 aromatic rings. The van der Waals surface area contributed by atoms with Crippen molar-refractivity contribution in [1.82, 2.24) is 0 Å². The number of hydrogen-bond donors (Lipinski definition) is 0. The van der Waals surface area contributed by atoms with Gasteiger partial charge in [0.05, 0.1) is 10.6 Å². The predicted octanol–water partition coefficient (Wildman–Crippen LogP) is 4.37. The minimum Gasteiger partial charge on any atom is -0.423 e. The van der Waals surface area contributed by atoms with Gasteiger partial charge in [0, 0.05) is 17.5 Å². The second-order valence-electron chi connectivity index (χ2n) is 5.22. The Bertz CT molecular complexity index is 1200. The van der Waals surface area contributed by atoms with Crippen LogP contribution in [0.25, 0.3) is 11.0 Å². The molecule has 3 rings (SSSR count). The Balaban J connectivity index is 2.09. The molecule has 0 atom stereocenters. The van der Waals surface area contributed by atoms with Gasteiger partial charge in [-0.25, -0.2) is 9.18 Å². The van der Waals surface area contributed by atoms with Gasteiger partial charge in [0.15, 0.2) is 5.82 Å². The average molecular weight is 423 g/mol. The van der Waals surface area contributed by atoms with Gasteiger partial charge in [-0.1, -0.05) is 17.7 Å². The highest BCUT2D eigenvalue weighted by molar-refractivity contribution is 7.87. The first kappa shape index (κ1) is 19.2. The predicted molar refractivity (Wildman–Crippen MR) is 86.7 cm³/mol. The van der Waals surface area contributed by atoms with Gasteiger partial charge in [-0.15, -0.1) is 0 Å². The van der Waals surface area contributed by atoms with E-state index in [0.717, 1.165) is 30.3 Å². The molecule has 0 N–H and O–H groups in total. The maximum Gasteiger partial charge on any atom is 0.417 e. The van der Waals surface area contributed by atoms with Gasteiger partial charge >= 0.3 is 21.9 Å². The van der Waals surface area contributed by atoms with Crippen molar-refractivity contribution in [1.29, 1.82) is 0 Å². The molecule has 11 heteroatoms. The van der Waals surface area contributed by atoms with Crippen LogP contribution in [0.2, 0.25) is 5.02 Å². The number of fused-ring (bicyclic) bond motifs is 1. The summed E-state index contributed by atoms with van der Waals surface area (Å²) in [5, 5.41) is -0.931. The monoisotopic (exact) mass is 422 g/mol. The summed E-state index contributed by atoms with van der Waals surface area (Å²) in [5.74, 6) is -1.73. The molecular formula is C16H7ClF4O5S. The van der Waals surface area contributed by atoms with Crippen molar-refractivity contribution in [3.63, 3.8) is 0 Å². The summed E-state index contributed by atoms with van der Waals surface area (Å²) < 4.78 is 86.8. The van der Waals surface area contributed by atoms with Crippen LogP contribution in [0.3, 0.4) is 0 Å². The standard InChI is InChI=1S/C16H7ClF4O5S/c17-11-2-1-3-13(15(11)18)27(23,24)26-8-4-5-9-10(16(19,20)21)7-14(22)25-12(9)6-8/h1-7H. The van der Waals surface area contributed by atoms with Crippen LogP contribution in [0.4, 0.5) is 17.6 Å². The van der Waals surface area contributed by atoms with Crippen molar-refractivity contribution in [3.05, 3.63) is 69.3 Å². The Morgan fingerprint density at radius 1 is 1.07 bits per heavy atom. The lowest BCUT2D eigenvalue weighted by Gasteiger charge is -2.11. The molecule has 1 heterocycles. The van der Waals surface area contributed by atoms with E-state index in [1.807, 2.05) is 0 Å². The van der Waals surface area contributed by atoms with E-state index in [1.54, 1.807) is 0 Å². The normalized spacial score (nSPS) is 12.3. The molecule has 0 saturated heterocycles. The third kappa shape index (κ3) is 3.76. The zero-order valence-corrected chi connectivity index (χ0v) is 14.5. The van der Waals surface area contributed by atoms with Crippen LogP contribution >= 0.6 is 11.6 Å². The molecule has 27 heavy (non-hydrogen) atoms. The molecule has 0 bridgehead atoms. The van der Waals surface area contributed by atoms with Gasteiger partial charge in [0.2, 0.25) is 0 Å². The van der Waals surface area contributed by atoms with E-state index in [9.17, 15) is 30.8 Å². The second kappa shape index (κ2) is 6.54. The quantitative estimate of drug-likeness (QED) is 0.356. The molecule has 0 saturated carbocycles. The molecule has 5 nitrogen and oxygen atoms in total. The molecule has 0 aliphatic heterocycles. The fraction of sp³-hybridized carbons (Fsp3) is 0.0625. The summed E-state index contributed by atoms with van der Waals surface area (Å²) in [6, 6.07) is 6.06. The summed E-state index contributed by atoms with van der Waals surface area (Å²) >= 11 is 5.53. The molecule has 0 unspecified atom stereocenters. The number of halogens is 5. The smallest absolute Gasteiger partial charge is 0.417 e. The lowest BCUT2D eigenvalue weighted by atomic mass is 10.1. The SMILES string of the molecule is O=c1cc(C(F)(F)F)c2ccc(OS(=O)(=O)c3cccc(Cl)c3F)cc2o1. The maximum atomic E-state index is 13.9. The van der Waals surface area contributed by atoms with Gasteiger partial charge in [-0.05, 0) is 24.3 Å². The van der Waals surface area contributed by atoms with Crippen molar-refractivity contribution in [2.45, 2.75) is 11.1 Å². The summed E-state index contributed by atoms with van der Waals surface area (Å²) in [7, 11) is -4.69. The Kier molecular flexibility index (Phi) is 4.64. The van der Waals surface area contributed by atoms with Crippen LogP contribution in [0.15, 0.2) is 56.6 Å². The first-order chi connectivity index (χ1) is 12.5. The molecule has 0 fully saturated rings. The lowest BCUT2D eigenvalue weighted by molar-refractivity contribution is -0.136. The summed E-state index contributed by atoms with van der Waals surface area (Å²) in [6.07, 6.45) is -4.83. The fourth-order valence-electron chi connectivity index (χ4n) is 2.28. The molecule has 0 spiro atoms. The number of benzene rings is 2. The summed E-state index contributed by atoms with van der Waals surface area (Å²) in [6.45, 7) is 0. The van der Waals surface area contributed by atoms with E-state index in [1.165, 1.54) is 6.07 Å². The van der Waals surface area contributed by atoms with Crippen LogP contribution in [-0.4, -0.2) is 8.42 Å². The zero-order chi connectivity index (χ0) is 20.0. The minimum absolute atomic E-state index is 0.279. The van der Waals surface area contributed by atoms with Gasteiger partial charge in [0.25, 0.3) is 0 Å². The first-order valence-corrected chi connectivity index (χ1v) is 8.81. The number of hydrogen-bond acceptors (Lipinski definition) is 5. The third-order valence-corrected chi connectivity index (χ3v) is 4.97. The van der Waals surface area contributed by atoms with Crippen LogP contribution in [0.1, 0.15) is 5.56 Å². The lowest BCUT2D eigenvalue weighted by Crippen LogP contribution is -2.13. The van der Waals surface area contributed by atoms with E-state index < -0.39 is 59.9 Å². The topological polar surface area (TPSA) is 73.6 Å². The van der Waals surface area contributed by atoms with E-state index in [0.29, 0.717) is 0 Å². The summed E-state index contributed by atoms with van der Waals surface area (Å²) in [4.78, 5) is 10.5. The third-order valence-electron chi connectivity index (χ3n) is 3.41. The van der Waals surface area contributed by atoms with E-state index in [4.69, 9.17) is 15.8 Å². The van der Waals surface area contributed by atoms with Crippen molar-refractivity contribution in [3.8, 4) is 5.75 Å². The maximum absolute atomic E-state index is 13.9. The Hall–Kier alpha value is -2.59. The molecule has 0 aliphatic carbocycles. The van der Waals surface area contributed by atoms with Crippen LogP contribution < -0.4 is 9.81 Å². The van der Waals surface area contributed by atoms with E-state index in [2.05, 4.69) is 4.42 Å². The Labute approximate surface area is 153 Å². The average Bonchev–Trinajstić information content (AvgIpc) is 2.55. The van der Waals surface area contributed by atoms with Crippen LogP contribution in [0, 0.1) is 5.82 Å². The van der Waals surface area contributed by atoms with Gasteiger partial charge in [0.1, 0.15) is 16.2 Å². The van der Waals surface area contributed by atoms with Crippen LogP contribution in [0.5, 0.6) is 5.75 Å². The largest absolute Gasteiger partial charge is 0.423 e. The highest BCUT2D eigenvalue weighted by Gasteiger charge is 2.34. The molecule has 0 amide bonds. The minimum atomic E-state index is -4.83. The second-order valence-corrected chi connectivity index (χ2v) is 7.15. The van der Waals surface area contributed by atoms with Crippen molar-refractivity contribution in [2.24, 2.45) is 0 Å². The fourth-order valence-corrected chi connectivity index (χ4v) is 3.53. The molecule has 0 radical (unpaired) electrons. The van der Waals surface area contributed by atoms with E-state index >= 15 is 0 Å². The van der Waals surface area contributed by atoms with Crippen LogP contribution in [-0.2, 0) is 16.3 Å². The summed E-state index contributed by atoms with van der Waals surface area (Å²) in [5.41, 5.74) is -3.08. The Morgan fingerprint density at radius 2 is 1.78 bits per heavy atom. The molecule has 142 valence electrons. The van der Waals surface area contributed by atoms with E-state index in [-0.39, 0.29) is 6.07 Å². The zero-order valence-electron chi connectivity index (χ0n) is 12.9. The highest BCUT2D eigenvalue weighted by Crippen LogP contribution is 2.35. The van der Waals surface area contributed by atoms with Crippen molar-refractivity contribution in [2.75, 3.05) is 0 Å². The van der Waals surface area contributed by atoms with Gasteiger partial charge in [-0.3, -0.25) is 0 Å². The molecule has 1 aromatic heterocycles. The first-order valence-electron chi connectivity index (χ1n) is 7.02. The van der Waals surface area contributed by atoms with Gasteiger partial charge in [-0.2, -0.15) is 21.6 Å². The molecule has 2 aromatic carbocycles. The molecule has 0 aliphatic rings. The number of alkyl halides is 3. The van der Waals surface area contributed by atoms with Crippen molar-refractivity contribution < 1.29 is 34.6 Å². The van der Waals surface area contributed by atoms with Crippen molar-refractivity contribution >= 4 is 32.7 Å². The highest BCUT2D eigenvalue weighted by atomic mass is 35.5. The molecular weight excluding hydrogens is 416 g/mol.